The number of nitrogens with zero attached hydrogens (tertiary/aromatic N) is 3. The minimum atomic E-state index is 0.238. The van der Waals surface area contributed by atoms with Crippen LogP contribution in [-0.2, 0) is 17.8 Å². The van der Waals surface area contributed by atoms with Gasteiger partial charge in [-0.1, -0.05) is 30.3 Å². The van der Waals surface area contributed by atoms with E-state index >= 15 is 0 Å². The normalized spacial score (nSPS) is 21.6. The maximum Gasteiger partial charge on any atom is 0.223 e. The van der Waals surface area contributed by atoms with Crippen molar-refractivity contribution in [2.75, 3.05) is 26.2 Å². The van der Waals surface area contributed by atoms with E-state index < -0.39 is 0 Å². The minimum Gasteiger partial charge on any atom is -0.354 e. The third-order valence-corrected chi connectivity index (χ3v) is 6.15. The molecule has 1 aliphatic carbocycles. The van der Waals surface area contributed by atoms with Crippen molar-refractivity contribution < 1.29 is 4.79 Å². The zero-order valence-corrected chi connectivity index (χ0v) is 15.3. The second-order valence-corrected chi connectivity index (χ2v) is 7.79. The molecule has 1 aliphatic heterocycles. The van der Waals surface area contributed by atoms with Gasteiger partial charge in [0, 0.05) is 37.9 Å². The maximum absolute atomic E-state index is 12.4. The number of hydrogen-bond donors (Lipinski definition) is 1. The molecule has 2 fully saturated rings. The predicted octanol–water partition coefficient (Wildman–Crippen LogP) is 2.34. The van der Waals surface area contributed by atoms with E-state index in [1.807, 2.05) is 10.8 Å². The number of carbonyl (C=O) groups is 1. The van der Waals surface area contributed by atoms with Crippen LogP contribution in [0.5, 0.6) is 0 Å². The average molecular weight is 352 g/mol. The lowest BCUT2D eigenvalue weighted by molar-refractivity contribution is -0.123. The Morgan fingerprint density at radius 2 is 2.00 bits per heavy atom. The van der Waals surface area contributed by atoms with Crippen molar-refractivity contribution in [3.8, 4) is 0 Å². The Bertz CT molecular complexity index is 705. The fraction of sp³-hybridized carbons (Fsp3) is 0.524. The first-order chi connectivity index (χ1) is 12.8. The zero-order chi connectivity index (χ0) is 17.8. The summed E-state index contributed by atoms with van der Waals surface area (Å²) in [7, 11) is 0. The van der Waals surface area contributed by atoms with Gasteiger partial charge in [-0.15, -0.1) is 0 Å². The monoisotopic (exact) mass is 352 g/mol. The molecule has 1 saturated heterocycles. The van der Waals surface area contributed by atoms with Crippen LogP contribution >= 0.6 is 0 Å². The van der Waals surface area contributed by atoms with Gasteiger partial charge in [-0.25, -0.2) is 4.98 Å². The van der Waals surface area contributed by atoms with E-state index in [9.17, 15) is 4.79 Å². The van der Waals surface area contributed by atoms with Crippen LogP contribution in [0.3, 0.4) is 0 Å². The number of rotatable bonds is 7. The molecule has 5 heteroatoms. The molecule has 26 heavy (non-hydrogen) atoms. The van der Waals surface area contributed by atoms with Crippen LogP contribution in [0, 0.1) is 11.3 Å². The van der Waals surface area contributed by atoms with Crippen LogP contribution < -0.4 is 5.32 Å². The molecule has 1 unspecified atom stereocenters. The van der Waals surface area contributed by atoms with E-state index in [0.29, 0.717) is 12.0 Å². The summed E-state index contributed by atoms with van der Waals surface area (Å²) in [5.41, 5.74) is 1.71. The van der Waals surface area contributed by atoms with Crippen molar-refractivity contribution in [1.82, 2.24) is 19.8 Å². The Morgan fingerprint density at radius 1 is 1.19 bits per heavy atom. The number of hydrogen-bond acceptors (Lipinski definition) is 3. The molecule has 1 amide bonds. The summed E-state index contributed by atoms with van der Waals surface area (Å²) >= 11 is 0. The Hall–Kier alpha value is -2.14. The molecular formula is C21H28N4O. The maximum atomic E-state index is 12.4. The Labute approximate surface area is 155 Å². The summed E-state index contributed by atoms with van der Waals surface area (Å²) in [6.07, 6.45) is 10.0. The molecule has 0 bridgehead atoms. The summed E-state index contributed by atoms with van der Waals surface area (Å²) in [6.45, 7) is 4.86. The summed E-state index contributed by atoms with van der Waals surface area (Å²) in [4.78, 5) is 19.0. The van der Waals surface area contributed by atoms with Gasteiger partial charge >= 0.3 is 0 Å². The highest BCUT2D eigenvalue weighted by Crippen LogP contribution is 2.59. The van der Waals surface area contributed by atoms with Crippen molar-refractivity contribution in [1.29, 1.82) is 0 Å². The van der Waals surface area contributed by atoms with Crippen LogP contribution in [-0.4, -0.2) is 46.5 Å². The van der Waals surface area contributed by atoms with Gasteiger partial charge in [-0.3, -0.25) is 4.79 Å². The van der Waals surface area contributed by atoms with Crippen molar-refractivity contribution in [2.45, 2.75) is 32.2 Å². The lowest BCUT2D eigenvalue weighted by Gasteiger charge is -2.32. The fourth-order valence-electron chi connectivity index (χ4n) is 4.28. The highest BCUT2D eigenvalue weighted by Gasteiger charge is 2.58. The second kappa shape index (κ2) is 7.62. The Kier molecular flexibility index (Phi) is 5.07. The van der Waals surface area contributed by atoms with Gasteiger partial charge in [0.1, 0.15) is 0 Å². The molecule has 5 nitrogen and oxygen atoms in total. The number of likely N-dealkylation sites (tertiary alicyclic amines) is 1. The number of amides is 1. The van der Waals surface area contributed by atoms with Crippen LogP contribution in [0.25, 0.3) is 0 Å². The van der Waals surface area contributed by atoms with Crippen molar-refractivity contribution in [3.05, 3.63) is 54.6 Å². The number of piperidine rings is 1. The first-order valence-corrected chi connectivity index (χ1v) is 9.75. The molecule has 1 aromatic carbocycles. The topological polar surface area (TPSA) is 50.2 Å². The van der Waals surface area contributed by atoms with Gasteiger partial charge in [0.15, 0.2) is 0 Å². The molecule has 1 atom stereocenters. The van der Waals surface area contributed by atoms with E-state index in [-0.39, 0.29) is 11.8 Å². The summed E-state index contributed by atoms with van der Waals surface area (Å²) in [5, 5.41) is 3.11. The van der Waals surface area contributed by atoms with Gasteiger partial charge in [0.2, 0.25) is 5.91 Å². The van der Waals surface area contributed by atoms with Crippen molar-refractivity contribution in [3.63, 3.8) is 0 Å². The SMILES string of the molecule is O=C(NCCn1ccnc1)C1CC12CCN(CCc1ccccc1)CC2. The molecule has 2 heterocycles. The number of imidazole rings is 1. The molecule has 0 radical (unpaired) electrons. The molecule has 138 valence electrons. The van der Waals surface area contributed by atoms with Crippen molar-refractivity contribution >= 4 is 5.91 Å². The van der Waals surface area contributed by atoms with Crippen LogP contribution in [0.1, 0.15) is 24.8 Å². The molecule has 1 aromatic heterocycles. The van der Waals surface area contributed by atoms with Gasteiger partial charge in [-0.2, -0.15) is 0 Å². The van der Waals surface area contributed by atoms with Gasteiger partial charge in [0.05, 0.1) is 6.33 Å². The minimum absolute atomic E-state index is 0.238. The quantitative estimate of drug-likeness (QED) is 0.832. The summed E-state index contributed by atoms with van der Waals surface area (Å²) in [6, 6.07) is 10.7. The van der Waals surface area contributed by atoms with E-state index in [0.717, 1.165) is 39.0 Å². The molecule has 1 spiro atoms. The van der Waals surface area contributed by atoms with Crippen LogP contribution in [0.2, 0.25) is 0 Å². The smallest absolute Gasteiger partial charge is 0.223 e. The summed E-state index contributed by atoms with van der Waals surface area (Å²) < 4.78 is 1.99. The van der Waals surface area contributed by atoms with Gasteiger partial charge in [-0.05, 0) is 49.8 Å². The lowest BCUT2D eigenvalue weighted by atomic mass is 9.90. The van der Waals surface area contributed by atoms with Crippen molar-refractivity contribution in [2.24, 2.45) is 11.3 Å². The predicted molar refractivity (Wildman–Crippen MR) is 102 cm³/mol. The van der Waals surface area contributed by atoms with E-state index in [4.69, 9.17) is 0 Å². The third-order valence-electron chi connectivity index (χ3n) is 6.15. The highest BCUT2D eigenvalue weighted by atomic mass is 16.2. The van der Waals surface area contributed by atoms with Crippen LogP contribution in [0.4, 0.5) is 0 Å². The lowest BCUT2D eigenvalue weighted by Crippen LogP contribution is -2.38. The summed E-state index contributed by atoms with van der Waals surface area (Å²) in [5.74, 6) is 0.490. The zero-order valence-electron chi connectivity index (χ0n) is 15.3. The van der Waals surface area contributed by atoms with E-state index in [1.54, 1.807) is 12.5 Å². The number of nitrogens with one attached hydrogen (secondary N) is 1. The largest absolute Gasteiger partial charge is 0.354 e. The molecule has 1 saturated carbocycles. The van der Waals surface area contributed by atoms with Gasteiger partial charge < -0.3 is 14.8 Å². The van der Waals surface area contributed by atoms with Gasteiger partial charge in [0.25, 0.3) is 0 Å². The first kappa shape index (κ1) is 17.3. The van der Waals surface area contributed by atoms with E-state index in [1.165, 1.54) is 18.4 Å². The Morgan fingerprint density at radius 3 is 2.73 bits per heavy atom. The highest BCUT2D eigenvalue weighted by molar-refractivity contribution is 5.82. The number of carbonyl (C=O) groups excluding carboxylic acids is 1. The molecule has 1 N–H and O–H groups in total. The molecule has 2 aliphatic rings. The second-order valence-electron chi connectivity index (χ2n) is 7.79. The Balaban J connectivity index is 1.17. The average Bonchev–Trinajstić information content (AvgIpc) is 3.12. The fourth-order valence-corrected chi connectivity index (χ4v) is 4.28. The number of aromatic nitrogens is 2. The molecular weight excluding hydrogens is 324 g/mol. The number of benzene rings is 1. The van der Waals surface area contributed by atoms with Crippen LogP contribution in [0.15, 0.2) is 49.1 Å². The first-order valence-electron chi connectivity index (χ1n) is 9.75. The third kappa shape index (κ3) is 3.98. The molecule has 4 rings (SSSR count). The molecule has 2 aromatic rings. The van der Waals surface area contributed by atoms with E-state index in [2.05, 4.69) is 45.5 Å². The standard InChI is InChI=1S/C21H28N4O/c26-20(23-10-15-25-14-9-22-17-25)19-16-21(19)7-12-24(13-8-21)11-6-18-4-2-1-3-5-18/h1-5,9,14,17,19H,6-8,10-13,15-16H2,(H,23,26).